The molecular formula is C19H20N2O3. The fourth-order valence-electron chi connectivity index (χ4n) is 3.31. The van der Waals surface area contributed by atoms with Crippen LogP contribution in [0.5, 0.6) is 0 Å². The molecule has 0 bridgehead atoms. The highest BCUT2D eigenvalue weighted by Crippen LogP contribution is 2.35. The van der Waals surface area contributed by atoms with Gasteiger partial charge in [-0.05, 0) is 37.1 Å². The Balaban J connectivity index is 1.88. The topological polar surface area (TPSA) is 70.5 Å². The summed E-state index contributed by atoms with van der Waals surface area (Å²) in [6.07, 6.45) is 1.55. The van der Waals surface area contributed by atoms with Crippen LogP contribution in [0, 0.1) is 19.8 Å². The van der Waals surface area contributed by atoms with Gasteiger partial charge >= 0.3 is 5.97 Å². The van der Waals surface area contributed by atoms with Gasteiger partial charge in [-0.15, -0.1) is 0 Å². The highest BCUT2D eigenvalue weighted by Gasteiger charge is 2.41. The zero-order valence-corrected chi connectivity index (χ0v) is 13.8. The minimum absolute atomic E-state index is 0.162. The minimum Gasteiger partial charge on any atom is -0.481 e. The van der Waals surface area contributed by atoms with Crippen molar-refractivity contribution in [3.05, 3.63) is 65.0 Å². The van der Waals surface area contributed by atoms with Crippen LogP contribution in [0.3, 0.4) is 0 Å². The van der Waals surface area contributed by atoms with Crippen LogP contribution in [0.25, 0.3) is 0 Å². The number of aryl methyl sites for hydroxylation is 2. The Labute approximate surface area is 140 Å². The summed E-state index contributed by atoms with van der Waals surface area (Å²) in [4.78, 5) is 30.2. The standard InChI is InChI=1S/C19H20N2O3/c1-12-5-3-4-6-15(12)16-10-21(11-17(16)19(23)24)18(22)14-8-7-13(2)20-9-14/h3-9,16-17H,10-11H2,1-2H3,(H,23,24). The maximum atomic E-state index is 12.7. The first-order valence-electron chi connectivity index (χ1n) is 7.97. The van der Waals surface area contributed by atoms with Gasteiger partial charge in [-0.3, -0.25) is 14.6 Å². The van der Waals surface area contributed by atoms with Gasteiger partial charge in [-0.1, -0.05) is 24.3 Å². The smallest absolute Gasteiger partial charge is 0.308 e. The molecule has 2 aromatic rings. The third-order valence-corrected chi connectivity index (χ3v) is 4.67. The van der Waals surface area contributed by atoms with Crippen molar-refractivity contribution >= 4 is 11.9 Å². The van der Waals surface area contributed by atoms with Gasteiger partial charge in [0.2, 0.25) is 0 Å². The molecular weight excluding hydrogens is 304 g/mol. The predicted octanol–water partition coefficient (Wildman–Crippen LogP) is 2.64. The fourth-order valence-corrected chi connectivity index (χ4v) is 3.31. The molecule has 0 spiro atoms. The molecule has 2 unspecified atom stereocenters. The molecule has 0 radical (unpaired) electrons. The van der Waals surface area contributed by atoms with Gasteiger partial charge in [-0.2, -0.15) is 0 Å². The Morgan fingerprint density at radius 3 is 2.50 bits per heavy atom. The molecule has 5 nitrogen and oxygen atoms in total. The summed E-state index contributed by atoms with van der Waals surface area (Å²) in [5.41, 5.74) is 3.40. The largest absolute Gasteiger partial charge is 0.481 e. The normalized spacial score (nSPS) is 20.2. The van der Waals surface area contributed by atoms with E-state index in [9.17, 15) is 14.7 Å². The molecule has 3 rings (SSSR count). The van der Waals surface area contributed by atoms with E-state index in [0.29, 0.717) is 12.1 Å². The molecule has 0 aliphatic carbocycles. The molecule has 2 heterocycles. The number of aliphatic carboxylic acids is 1. The van der Waals surface area contributed by atoms with Crippen molar-refractivity contribution in [1.29, 1.82) is 0 Å². The summed E-state index contributed by atoms with van der Waals surface area (Å²) in [6.45, 7) is 4.47. The SMILES string of the molecule is Cc1ccc(C(=O)N2CC(C(=O)O)C(c3ccccc3C)C2)cn1. The van der Waals surface area contributed by atoms with Crippen molar-refractivity contribution in [1.82, 2.24) is 9.88 Å². The van der Waals surface area contributed by atoms with E-state index in [0.717, 1.165) is 16.8 Å². The molecule has 1 aliphatic rings. The first-order valence-corrected chi connectivity index (χ1v) is 7.97. The molecule has 124 valence electrons. The van der Waals surface area contributed by atoms with Gasteiger partial charge in [-0.25, -0.2) is 0 Å². The number of amides is 1. The maximum Gasteiger partial charge on any atom is 0.308 e. The zero-order valence-electron chi connectivity index (χ0n) is 13.8. The number of likely N-dealkylation sites (tertiary alicyclic amines) is 1. The second-order valence-corrected chi connectivity index (χ2v) is 6.31. The van der Waals surface area contributed by atoms with Gasteiger partial charge in [0.05, 0.1) is 11.5 Å². The molecule has 1 saturated heterocycles. The molecule has 1 aliphatic heterocycles. The number of pyridine rings is 1. The van der Waals surface area contributed by atoms with Gasteiger partial charge in [0.1, 0.15) is 0 Å². The highest BCUT2D eigenvalue weighted by atomic mass is 16.4. The highest BCUT2D eigenvalue weighted by molar-refractivity contribution is 5.94. The van der Waals surface area contributed by atoms with E-state index in [1.807, 2.05) is 38.1 Å². The minimum atomic E-state index is -0.861. The van der Waals surface area contributed by atoms with Gasteiger partial charge in [0.25, 0.3) is 5.91 Å². The van der Waals surface area contributed by atoms with E-state index in [4.69, 9.17) is 0 Å². The van der Waals surface area contributed by atoms with E-state index in [2.05, 4.69) is 4.98 Å². The Bertz CT molecular complexity index is 770. The second-order valence-electron chi connectivity index (χ2n) is 6.31. The van der Waals surface area contributed by atoms with Crippen LogP contribution in [0.1, 0.15) is 33.1 Å². The van der Waals surface area contributed by atoms with Crippen LogP contribution in [-0.2, 0) is 4.79 Å². The van der Waals surface area contributed by atoms with Crippen LogP contribution < -0.4 is 0 Å². The van der Waals surface area contributed by atoms with E-state index in [-0.39, 0.29) is 18.4 Å². The van der Waals surface area contributed by atoms with E-state index >= 15 is 0 Å². The van der Waals surface area contributed by atoms with E-state index in [1.165, 1.54) is 0 Å². The van der Waals surface area contributed by atoms with Crippen molar-refractivity contribution in [2.24, 2.45) is 5.92 Å². The van der Waals surface area contributed by atoms with Crippen molar-refractivity contribution in [3.63, 3.8) is 0 Å². The molecule has 24 heavy (non-hydrogen) atoms. The number of carboxylic acid groups (broad SMARTS) is 1. The van der Waals surface area contributed by atoms with Crippen molar-refractivity contribution < 1.29 is 14.7 Å². The molecule has 1 N–H and O–H groups in total. The van der Waals surface area contributed by atoms with Crippen LogP contribution in [0.2, 0.25) is 0 Å². The average molecular weight is 324 g/mol. The lowest BCUT2D eigenvalue weighted by Crippen LogP contribution is -2.30. The number of nitrogens with zero attached hydrogens (tertiary/aromatic N) is 2. The number of carbonyl (C=O) groups is 2. The van der Waals surface area contributed by atoms with Crippen molar-refractivity contribution in [2.45, 2.75) is 19.8 Å². The van der Waals surface area contributed by atoms with Crippen LogP contribution >= 0.6 is 0 Å². The number of hydrogen-bond donors (Lipinski definition) is 1. The zero-order chi connectivity index (χ0) is 17.3. The lowest BCUT2D eigenvalue weighted by molar-refractivity contribution is -0.141. The number of hydrogen-bond acceptors (Lipinski definition) is 3. The second kappa shape index (κ2) is 6.43. The van der Waals surface area contributed by atoms with E-state index in [1.54, 1.807) is 23.2 Å². The molecule has 1 aromatic carbocycles. The summed E-state index contributed by atoms with van der Waals surface area (Å²) in [5.74, 6) is -1.80. The lowest BCUT2D eigenvalue weighted by atomic mass is 9.86. The predicted molar refractivity (Wildman–Crippen MR) is 89.9 cm³/mol. The molecule has 1 amide bonds. The van der Waals surface area contributed by atoms with Crippen molar-refractivity contribution in [3.8, 4) is 0 Å². The molecule has 0 saturated carbocycles. The Hall–Kier alpha value is -2.69. The summed E-state index contributed by atoms with van der Waals surface area (Å²) in [7, 11) is 0. The first kappa shape index (κ1) is 16.2. The third kappa shape index (κ3) is 3.02. The maximum absolute atomic E-state index is 12.7. The first-order chi connectivity index (χ1) is 11.5. The number of carboxylic acids is 1. The molecule has 1 aromatic heterocycles. The lowest BCUT2D eigenvalue weighted by Gasteiger charge is -2.18. The summed E-state index contributed by atoms with van der Waals surface area (Å²) >= 11 is 0. The molecule has 1 fully saturated rings. The van der Waals surface area contributed by atoms with E-state index < -0.39 is 11.9 Å². The Morgan fingerprint density at radius 1 is 1.12 bits per heavy atom. The number of rotatable bonds is 3. The van der Waals surface area contributed by atoms with Crippen LogP contribution in [0.4, 0.5) is 0 Å². The van der Waals surface area contributed by atoms with Gasteiger partial charge in [0, 0.05) is 30.9 Å². The quantitative estimate of drug-likeness (QED) is 0.942. The van der Waals surface area contributed by atoms with Crippen molar-refractivity contribution in [2.75, 3.05) is 13.1 Å². The third-order valence-electron chi connectivity index (χ3n) is 4.67. The van der Waals surface area contributed by atoms with Gasteiger partial charge in [0.15, 0.2) is 0 Å². The molecule has 5 heteroatoms. The van der Waals surface area contributed by atoms with Gasteiger partial charge < -0.3 is 10.0 Å². The number of carbonyl (C=O) groups excluding carboxylic acids is 1. The molecule has 2 atom stereocenters. The summed E-state index contributed by atoms with van der Waals surface area (Å²) in [6, 6.07) is 11.3. The average Bonchev–Trinajstić information content (AvgIpc) is 3.00. The Kier molecular flexibility index (Phi) is 4.34. The summed E-state index contributed by atoms with van der Waals surface area (Å²) in [5, 5.41) is 9.59. The number of aromatic nitrogens is 1. The Morgan fingerprint density at radius 2 is 1.88 bits per heavy atom. The fraction of sp³-hybridized carbons (Fsp3) is 0.316. The number of benzene rings is 1. The van der Waals surface area contributed by atoms with Crippen LogP contribution in [0.15, 0.2) is 42.6 Å². The van der Waals surface area contributed by atoms with Crippen LogP contribution in [-0.4, -0.2) is 40.0 Å². The summed E-state index contributed by atoms with van der Waals surface area (Å²) < 4.78 is 0. The monoisotopic (exact) mass is 324 g/mol.